The molecule has 1 unspecified atom stereocenters. The van der Waals surface area contributed by atoms with Crippen molar-refractivity contribution in [2.45, 2.75) is 25.9 Å². The molecule has 1 atom stereocenters. The number of carbonyl (C=O) groups excluding carboxylic acids is 1. The van der Waals surface area contributed by atoms with Gasteiger partial charge in [0.1, 0.15) is 4.88 Å². The lowest BCUT2D eigenvalue weighted by Gasteiger charge is -2.00. The number of ether oxygens (including phenoxy) is 1. The number of rotatable bonds is 4. The van der Waals surface area contributed by atoms with Gasteiger partial charge in [-0.2, -0.15) is 0 Å². The number of aryl methyl sites for hydroxylation is 1. The van der Waals surface area contributed by atoms with Gasteiger partial charge in [-0.3, -0.25) is 0 Å². The average molecular weight is 214 g/mol. The lowest BCUT2D eigenvalue weighted by Crippen LogP contribution is -2.00. The van der Waals surface area contributed by atoms with Crippen LogP contribution < -0.4 is 0 Å². The van der Waals surface area contributed by atoms with E-state index in [0.29, 0.717) is 4.88 Å². The summed E-state index contributed by atoms with van der Waals surface area (Å²) in [7, 11) is 1.37. The molecule has 1 heterocycles. The van der Waals surface area contributed by atoms with Crippen LogP contribution in [0, 0.1) is 0 Å². The largest absolute Gasteiger partial charge is 0.465 e. The van der Waals surface area contributed by atoms with Crippen LogP contribution in [-0.4, -0.2) is 24.3 Å². The zero-order valence-corrected chi connectivity index (χ0v) is 9.13. The summed E-state index contributed by atoms with van der Waals surface area (Å²) in [6.07, 6.45) is 1.24. The van der Waals surface area contributed by atoms with Crippen molar-refractivity contribution in [3.63, 3.8) is 0 Å². The van der Waals surface area contributed by atoms with E-state index in [1.807, 2.05) is 6.07 Å². The quantitative estimate of drug-likeness (QED) is 0.778. The normalized spacial score (nSPS) is 12.5. The molecule has 14 heavy (non-hydrogen) atoms. The van der Waals surface area contributed by atoms with Gasteiger partial charge in [-0.1, -0.05) is 0 Å². The minimum atomic E-state index is -0.293. The average Bonchev–Trinajstić information content (AvgIpc) is 2.62. The number of hydrogen-bond donors (Lipinski definition) is 1. The highest BCUT2D eigenvalue weighted by atomic mass is 32.1. The monoisotopic (exact) mass is 214 g/mol. The number of methoxy groups -OCH3 is 1. The first-order valence-corrected chi connectivity index (χ1v) is 5.30. The summed E-state index contributed by atoms with van der Waals surface area (Å²) in [4.78, 5) is 12.8. The molecule has 0 aromatic carbocycles. The van der Waals surface area contributed by atoms with Crippen molar-refractivity contribution < 1.29 is 14.6 Å². The minimum absolute atomic E-state index is 0.293. The Morgan fingerprint density at radius 1 is 1.64 bits per heavy atom. The van der Waals surface area contributed by atoms with E-state index in [0.717, 1.165) is 17.7 Å². The molecule has 0 saturated carbocycles. The molecule has 0 amide bonds. The van der Waals surface area contributed by atoms with E-state index in [2.05, 4.69) is 4.74 Å². The van der Waals surface area contributed by atoms with Crippen molar-refractivity contribution in [2.75, 3.05) is 7.11 Å². The molecule has 4 heteroatoms. The molecule has 0 radical (unpaired) electrons. The Labute approximate surface area is 87.3 Å². The van der Waals surface area contributed by atoms with Crippen LogP contribution in [0.3, 0.4) is 0 Å². The topological polar surface area (TPSA) is 46.5 Å². The molecular weight excluding hydrogens is 200 g/mol. The lowest BCUT2D eigenvalue weighted by molar-refractivity contribution is 0.0606. The fraction of sp³-hybridized carbons (Fsp3) is 0.500. The van der Waals surface area contributed by atoms with Crippen LogP contribution in [0.5, 0.6) is 0 Å². The maximum Gasteiger partial charge on any atom is 0.348 e. The lowest BCUT2D eigenvalue weighted by atomic mass is 10.2. The number of aliphatic hydroxyl groups excluding tert-OH is 1. The van der Waals surface area contributed by atoms with Crippen molar-refractivity contribution in [1.82, 2.24) is 0 Å². The third-order valence-electron chi connectivity index (χ3n) is 1.86. The predicted molar refractivity (Wildman–Crippen MR) is 55.7 cm³/mol. The zero-order chi connectivity index (χ0) is 10.6. The molecule has 0 spiro atoms. The van der Waals surface area contributed by atoms with Crippen molar-refractivity contribution in [2.24, 2.45) is 0 Å². The third kappa shape index (κ3) is 3.12. The number of aliphatic hydroxyl groups is 1. The molecule has 0 bridgehead atoms. The Kier molecular flexibility index (Phi) is 4.10. The molecule has 0 aliphatic heterocycles. The van der Waals surface area contributed by atoms with Gasteiger partial charge >= 0.3 is 5.97 Å². The van der Waals surface area contributed by atoms with Gasteiger partial charge in [-0.15, -0.1) is 11.3 Å². The van der Waals surface area contributed by atoms with Crippen LogP contribution in [-0.2, 0) is 11.2 Å². The van der Waals surface area contributed by atoms with Crippen LogP contribution >= 0.6 is 11.3 Å². The number of carbonyl (C=O) groups is 1. The van der Waals surface area contributed by atoms with Gasteiger partial charge in [0.25, 0.3) is 0 Å². The van der Waals surface area contributed by atoms with Gasteiger partial charge in [-0.05, 0) is 31.9 Å². The molecule has 1 N–H and O–H groups in total. The number of thiophene rings is 1. The fourth-order valence-electron chi connectivity index (χ4n) is 1.07. The molecule has 1 aromatic rings. The van der Waals surface area contributed by atoms with Gasteiger partial charge in [0.05, 0.1) is 13.2 Å². The van der Waals surface area contributed by atoms with E-state index in [9.17, 15) is 4.79 Å². The molecule has 1 rings (SSSR count). The standard InChI is InChI=1S/C10H14O3S/c1-7(11)3-4-8-5-6-9(14-8)10(12)13-2/h5-7,11H,3-4H2,1-2H3. The zero-order valence-electron chi connectivity index (χ0n) is 8.32. The molecule has 0 fully saturated rings. The fourth-order valence-corrected chi connectivity index (χ4v) is 2.01. The first-order chi connectivity index (χ1) is 6.63. The van der Waals surface area contributed by atoms with Crippen molar-refractivity contribution in [1.29, 1.82) is 0 Å². The Hall–Kier alpha value is -0.870. The van der Waals surface area contributed by atoms with Gasteiger partial charge < -0.3 is 9.84 Å². The van der Waals surface area contributed by atoms with E-state index in [1.54, 1.807) is 13.0 Å². The first-order valence-electron chi connectivity index (χ1n) is 4.48. The van der Waals surface area contributed by atoms with Crippen LogP contribution in [0.1, 0.15) is 27.9 Å². The van der Waals surface area contributed by atoms with E-state index in [-0.39, 0.29) is 12.1 Å². The highest BCUT2D eigenvalue weighted by Crippen LogP contribution is 2.19. The Morgan fingerprint density at radius 2 is 2.36 bits per heavy atom. The Balaban J connectivity index is 2.55. The minimum Gasteiger partial charge on any atom is -0.465 e. The van der Waals surface area contributed by atoms with E-state index in [1.165, 1.54) is 18.4 Å². The summed E-state index contributed by atoms with van der Waals surface area (Å²) in [5.74, 6) is -0.293. The van der Waals surface area contributed by atoms with E-state index >= 15 is 0 Å². The third-order valence-corrected chi connectivity index (χ3v) is 2.98. The maximum absolute atomic E-state index is 11.1. The number of esters is 1. The van der Waals surface area contributed by atoms with Crippen molar-refractivity contribution in [3.8, 4) is 0 Å². The molecule has 78 valence electrons. The second-order valence-corrected chi connectivity index (χ2v) is 4.31. The summed E-state index contributed by atoms with van der Waals surface area (Å²) >= 11 is 1.42. The molecule has 0 aliphatic rings. The first kappa shape index (κ1) is 11.2. The summed E-state index contributed by atoms with van der Waals surface area (Å²) < 4.78 is 4.60. The summed E-state index contributed by atoms with van der Waals surface area (Å²) in [6.45, 7) is 1.76. The molecule has 1 aromatic heterocycles. The molecular formula is C10H14O3S. The summed E-state index contributed by atoms with van der Waals surface area (Å²) in [6, 6.07) is 3.66. The highest BCUT2D eigenvalue weighted by Gasteiger charge is 2.09. The van der Waals surface area contributed by atoms with Crippen LogP contribution in [0.25, 0.3) is 0 Å². The van der Waals surface area contributed by atoms with Gasteiger partial charge in [0.15, 0.2) is 0 Å². The summed E-state index contributed by atoms with van der Waals surface area (Å²) in [5.41, 5.74) is 0. The van der Waals surface area contributed by atoms with Gasteiger partial charge in [0.2, 0.25) is 0 Å². The van der Waals surface area contributed by atoms with Gasteiger partial charge in [0, 0.05) is 4.88 Å². The molecule has 3 nitrogen and oxygen atoms in total. The van der Waals surface area contributed by atoms with E-state index < -0.39 is 0 Å². The van der Waals surface area contributed by atoms with E-state index in [4.69, 9.17) is 5.11 Å². The summed E-state index contributed by atoms with van der Waals surface area (Å²) in [5, 5.41) is 9.09. The van der Waals surface area contributed by atoms with Crippen LogP contribution in [0.4, 0.5) is 0 Å². The predicted octanol–water partition coefficient (Wildman–Crippen LogP) is 1.85. The van der Waals surface area contributed by atoms with Crippen molar-refractivity contribution >= 4 is 17.3 Å². The number of hydrogen-bond acceptors (Lipinski definition) is 4. The second kappa shape index (κ2) is 5.12. The second-order valence-electron chi connectivity index (χ2n) is 3.15. The maximum atomic E-state index is 11.1. The van der Waals surface area contributed by atoms with Crippen LogP contribution in [0.2, 0.25) is 0 Å². The highest BCUT2D eigenvalue weighted by molar-refractivity contribution is 7.13. The molecule has 0 saturated heterocycles. The SMILES string of the molecule is COC(=O)c1ccc(CCC(C)O)s1. The Morgan fingerprint density at radius 3 is 2.93 bits per heavy atom. The van der Waals surface area contributed by atoms with Crippen LogP contribution in [0.15, 0.2) is 12.1 Å². The Bertz CT molecular complexity index is 304. The van der Waals surface area contributed by atoms with Gasteiger partial charge in [-0.25, -0.2) is 4.79 Å². The smallest absolute Gasteiger partial charge is 0.348 e. The molecule has 0 aliphatic carbocycles. The van der Waals surface area contributed by atoms with Crippen molar-refractivity contribution in [3.05, 3.63) is 21.9 Å².